The first-order valence-electron chi connectivity index (χ1n) is 7.91. The molecule has 0 spiro atoms. The van der Waals surface area contributed by atoms with Crippen molar-refractivity contribution in [2.24, 2.45) is 5.92 Å². The highest BCUT2D eigenvalue weighted by molar-refractivity contribution is 6.31. The van der Waals surface area contributed by atoms with Crippen molar-refractivity contribution in [1.82, 2.24) is 10.2 Å². The molecule has 1 N–H and O–H groups in total. The van der Waals surface area contributed by atoms with Crippen LogP contribution in [0.25, 0.3) is 0 Å². The second-order valence-corrected chi connectivity index (χ2v) is 6.93. The third-order valence-electron chi connectivity index (χ3n) is 4.48. The molecule has 1 saturated carbocycles. The van der Waals surface area contributed by atoms with Gasteiger partial charge < -0.3 is 5.32 Å². The molecule has 1 saturated heterocycles. The standard InChI is InChI=1S/C17H25ClN2/c1-13-4-5-15(17(18)9-13)12-20-8-2-3-14(11-20)10-19-16-6-7-16/h4-5,9,14,16,19H,2-3,6-8,10-12H2,1H3. The number of hydrogen-bond donors (Lipinski definition) is 1. The zero-order valence-corrected chi connectivity index (χ0v) is 13.1. The summed E-state index contributed by atoms with van der Waals surface area (Å²) in [5.41, 5.74) is 2.51. The van der Waals surface area contributed by atoms with Crippen molar-refractivity contribution in [3.63, 3.8) is 0 Å². The van der Waals surface area contributed by atoms with Crippen LogP contribution in [0, 0.1) is 12.8 Å². The van der Waals surface area contributed by atoms with Crippen LogP contribution in [0.5, 0.6) is 0 Å². The summed E-state index contributed by atoms with van der Waals surface area (Å²) in [6.45, 7) is 6.71. The molecule has 2 fully saturated rings. The smallest absolute Gasteiger partial charge is 0.0453 e. The van der Waals surface area contributed by atoms with Crippen molar-refractivity contribution in [3.05, 3.63) is 34.3 Å². The lowest BCUT2D eigenvalue weighted by Crippen LogP contribution is -2.39. The maximum absolute atomic E-state index is 6.36. The van der Waals surface area contributed by atoms with E-state index < -0.39 is 0 Å². The van der Waals surface area contributed by atoms with Crippen molar-refractivity contribution >= 4 is 11.6 Å². The Morgan fingerprint density at radius 3 is 2.90 bits per heavy atom. The van der Waals surface area contributed by atoms with Crippen LogP contribution in [-0.4, -0.2) is 30.6 Å². The highest BCUT2D eigenvalue weighted by atomic mass is 35.5. The Bertz CT molecular complexity index is 456. The maximum Gasteiger partial charge on any atom is 0.0453 e. The summed E-state index contributed by atoms with van der Waals surface area (Å²) in [7, 11) is 0. The van der Waals surface area contributed by atoms with Gasteiger partial charge in [-0.1, -0.05) is 23.7 Å². The van der Waals surface area contributed by atoms with Gasteiger partial charge in [-0.25, -0.2) is 0 Å². The summed E-state index contributed by atoms with van der Waals surface area (Å²) in [5.74, 6) is 0.813. The SMILES string of the molecule is Cc1ccc(CN2CCCC(CNC3CC3)C2)c(Cl)c1. The van der Waals surface area contributed by atoms with E-state index in [2.05, 4.69) is 35.3 Å². The first-order valence-corrected chi connectivity index (χ1v) is 8.29. The predicted octanol–water partition coefficient (Wildman–Crippen LogP) is 3.61. The average Bonchev–Trinajstić information content (AvgIpc) is 3.24. The van der Waals surface area contributed by atoms with Crippen LogP contribution in [0.4, 0.5) is 0 Å². The van der Waals surface area contributed by atoms with Gasteiger partial charge in [0, 0.05) is 24.2 Å². The summed E-state index contributed by atoms with van der Waals surface area (Å²) in [6.07, 6.45) is 5.46. The molecule has 0 aromatic heterocycles. The number of aryl methyl sites for hydroxylation is 1. The van der Waals surface area contributed by atoms with Crippen molar-refractivity contribution in [3.8, 4) is 0 Å². The van der Waals surface area contributed by atoms with Gasteiger partial charge in [-0.05, 0) is 68.8 Å². The van der Waals surface area contributed by atoms with Gasteiger partial charge in [-0.15, -0.1) is 0 Å². The van der Waals surface area contributed by atoms with Crippen LogP contribution in [-0.2, 0) is 6.54 Å². The quantitative estimate of drug-likeness (QED) is 0.892. The first kappa shape index (κ1) is 14.4. The fourth-order valence-corrected chi connectivity index (χ4v) is 3.40. The number of nitrogens with zero attached hydrogens (tertiary/aromatic N) is 1. The second kappa shape index (κ2) is 6.46. The number of halogens is 1. The van der Waals surface area contributed by atoms with Crippen LogP contribution in [0.1, 0.15) is 36.8 Å². The minimum Gasteiger partial charge on any atom is -0.314 e. The molecule has 2 nitrogen and oxygen atoms in total. The molecule has 1 atom stereocenters. The normalized spacial score (nSPS) is 24.0. The third-order valence-corrected chi connectivity index (χ3v) is 4.83. The van der Waals surface area contributed by atoms with E-state index in [1.165, 1.54) is 56.4 Å². The number of benzene rings is 1. The second-order valence-electron chi connectivity index (χ2n) is 6.52. The summed E-state index contributed by atoms with van der Waals surface area (Å²) >= 11 is 6.36. The van der Waals surface area contributed by atoms with E-state index in [-0.39, 0.29) is 0 Å². The molecule has 110 valence electrons. The van der Waals surface area contributed by atoms with Gasteiger partial charge in [-0.3, -0.25) is 4.90 Å². The molecule has 3 heteroatoms. The Hall–Kier alpha value is -0.570. The lowest BCUT2D eigenvalue weighted by Gasteiger charge is -2.33. The van der Waals surface area contributed by atoms with E-state index in [1.807, 2.05) is 0 Å². The van der Waals surface area contributed by atoms with Crippen LogP contribution in [0.2, 0.25) is 5.02 Å². The molecule has 20 heavy (non-hydrogen) atoms. The van der Waals surface area contributed by atoms with E-state index in [1.54, 1.807) is 0 Å². The molecule has 1 aromatic rings. The van der Waals surface area contributed by atoms with Crippen LogP contribution < -0.4 is 5.32 Å². The first-order chi connectivity index (χ1) is 9.70. The number of hydrogen-bond acceptors (Lipinski definition) is 2. The van der Waals surface area contributed by atoms with E-state index in [0.29, 0.717) is 0 Å². The van der Waals surface area contributed by atoms with Gasteiger partial charge >= 0.3 is 0 Å². The molecule has 0 bridgehead atoms. The van der Waals surface area contributed by atoms with Crippen LogP contribution in [0.15, 0.2) is 18.2 Å². The molecule has 1 aliphatic heterocycles. The molecule has 1 heterocycles. The van der Waals surface area contributed by atoms with Crippen molar-refractivity contribution < 1.29 is 0 Å². The molecule has 1 aliphatic carbocycles. The van der Waals surface area contributed by atoms with Gasteiger partial charge in [0.15, 0.2) is 0 Å². The minimum absolute atomic E-state index is 0.813. The zero-order valence-electron chi connectivity index (χ0n) is 12.4. The van der Waals surface area contributed by atoms with Gasteiger partial charge in [0.2, 0.25) is 0 Å². The Morgan fingerprint density at radius 1 is 1.30 bits per heavy atom. The average molecular weight is 293 g/mol. The van der Waals surface area contributed by atoms with Gasteiger partial charge in [0.25, 0.3) is 0 Å². The molecular formula is C17H25ClN2. The summed E-state index contributed by atoms with van der Waals surface area (Å²) in [4.78, 5) is 2.57. The van der Waals surface area contributed by atoms with E-state index in [0.717, 1.165) is 23.5 Å². The van der Waals surface area contributed by atoms with Gasteiger partial charge in [0.05, 0.1) is 0 Å². The molecule has 2 aliphatic rings. The lowest BCUT2D eigenvalue weighted by atomic mass is 9.97. The Balaban J connectivity index is 1.53. The van der Waals surface area contributed by atoms with Crippen LogP contribution in [0.3, 0.4) is 0 Å². The summed E-state index contributed by atoms with van der Waals surface area (Å²) in [5, 5.41) is 4.60. The summed E-state index contributed by atoms with van der Waals surface area (Å²) in [6, 6.07) is 7.26. The van der Waals surface area contributed by atoms with Crippen molar-refractivity contribution in [2.75, 3.05) is 19.6 Å². The lowest BCUT2D eigenvalue weighted by molar-refractivity contribution is 0.165. The molecule has 1 unspecified atom stereocenters. The number of piperidine rings is 1. The largest absolute Gasteiger partial charge is 0.314 e. The Morgan fingerprint density at radius 2 is 2.15 bits per heavy atom. The predicted molar refractivity (Wildman–Crippen MR) is 85.2 cm³/mol. The number of rotatable bonds is 5. The molecule has 0 radical (unpaired) electrons. The van der Waals surface area contributed by atoms with Gasteiger partial charge in [-0.2, -0.15) is 0 Å². The highest BCUT2D eigenvalue weighted by Crippen LogP contribution is 2.24. The topological polar surface area (TPSA) is 15.3 Å². The maximum atomic E-state index is 6.36. The van der Waals surface area contributed by atoms with E-state index in [4.69, 9.17) is 11.6 Å². The summed E-state index contributed by atoms with van der Waals surface area (Å²) < 4.78 is 0. The van der Waals surface area contributed by atoms with E-state index >= 15 is 0 Å². The van der Waals surface area contributed by atoms with Crippen molar-refractivity contribution in [2.45, 2.75) is 45.2 Å². The molecule has 0 amide bonds. The molecule has 3 rings (SSSR count). The molecule has 1 aromatic carbocycles. The fraction of sp³-hybridized carbons (Fsp3) is 0.647. The minimum atomic E-state index is 0.813. The van der Waals surface area contributed by atoms with Crippen molar-refractivity contribution in [1.29, 1.82) is 0 Å². The van der Waals surface area contributed by atoms with E-state index in [9.17, 15) is 0 Å². The number of likely N-dealkylation sites (tertiary alicyclic amines) is 1. The number of nitrogens with one attached hydrogen (secondary N) is 1. The van der Waals surface area contributed by atoms with Crippen LogP contribution >= 0.6 is 11.6 Å². The fourth-order valence-electron chi connectivity index (χ4n) is 3.10. The molecular weight excluding hydrogens is 268 g/mol. The highest BCUT2D eigenvalue weighted by Gasteiger charge is 2.24. The zero-order chi connectivity index (χ0) is 13.9. The van der Waals surface area contributed by atoms with Gasteiger partial charge in [0.1, 0.15) is 0 Å². The Labute approximate surface area is 127 Å². The Kier molecular flexibility index (Phi) is 4.65. The third kappa shape index (κ3) is 3.97. The monoisotopic (exact) mass is 292 g/mol.